The molecular formula is C20H13Cl2F3N4O4. The highest BCUT2D eigenvalue weighted by Gasteiger charge is 2.32. The molecule has 3 N–H and O–H groups in total. The number of anilines is 1. The molecule has 0 aliphatic rings. The zero-order valence-corrected chi connectivity index (χ0v) is 17.8. The van der Waals surface area contributed by atoms with Crippen molar-refractivity contribution in [2.45, 2.75) is 12.9 Å². The zero-order chi connectivity index (χ0) is 24.2. The first-order chi connectivity index (χ1) is 15.5. The second-order valence-corrected chi connectivity index (χ2v) is 7.09. The van der Waals surface area contributed by atoms with E-state index in [1.807, 2.05) is 0 Å². The maximum Gasteiger partial charge on any atom is 0.573 e. The van der Waals surface area contributed by atoms with Gasteiger partial charge in [0.1, 0.15) is 11.4 Å². The molecule has 172 valence electrons. The fourth-order valence-corrected chi connectivity index (χ4v) is 3.04. The molecule has 0 unspecified atom stereocenters. The van der Waals surface area contributed by atoms with Gasteiger partial charge >= 0.3 is 6.36 Å². The first-order valence-corrected chi connectivity index (χ1v) is 9.74. The minimum atomic E-state index is -4.90. The van der Waals surface area contributed by atoms with Gasteiger partial charge in [0.15, 0.2) is 16.6 Å². The van der Waals surface area contributed by atoms with Crippen molar-refractivity contribution >= 4 is 40.7 Å². The van der Waals surface area contributed by atoms with Crippen molar-refractivity contribution in [2.24, 2.45) is 0 Å². The van der Waals surface area contributed by atoms with E-state index in [1.165, 1.54) is 36.5 Å². The monoisotopic (exact) mass is 500 g/mol. The van der Waals surface area contributed by atoms with Crippen LogP contribution in [-0.2, 0) is 6.54 Å². The van der Waals surface area contributed by atoms with E-state index in [9.17, 15) is 27.9 Å². The highest BCUT2D eigenvalue weighted by molar-refractivity contribution is 6.36. The number of nitrogens with zero attached hydrogens (tertiary/aromatic N) is 2. The number of hydrogen-bond acceptors (Lipinski definition) is 6. The first kappa shape index (κ1) is 24.1. The predicted octanol–water partition coefficient (Wildman–Crippen LogP) is 4.57. The molecule has 0 bridgehead atoms. The molecule has 0 spiro atoms. The van der Waals surface area contributed by atoms with E-state index >= 15 is 0 Å². The third kappa shape index (κ3) is 6.24. The standard InChI is InChI=1S/C20H13Cl2F3N4O4/c21-11-8-13(28-17(22)16(11)30)18(31)29-12-5-3-7-26-15(12)19(32)27-9-10-4-1-2-6-14(10)33-20(23,24)25/h1-8,30H,9H2,(H,27,32)(H,29,31). The summed E-state index contributed by atoms with van der Waals surface area (Å²) in [6.07, 6.45) is -3.61. The van der Waals surface area contributed by atoms with Crippen molar-refractivity contribution in [2.75, 3.05) is 5.32 Å². The minimum Gasteiger partial charge on any atom is -0.504 e. The Morgan fingerprint density at radius 3 is 2.52 bits per heavy atom. The van der Waals surface area contributed by atoms with Crippen molar-refractivity contribution in [3.63, 3.8) is 0 Å². The molecule has 0 radical (unpaired) electrons. The van der Waals surface area contributed by atoms with E-state index in [-0.39, 0.29) is 34.2 Å². The van der Waals surface area contributed by atoms with Gasteiger partial charge in [-0.05, 0) is 24.3 Å². The molecule has 3 rings (SSSR count). The molecule has 0 aliphatic carbocycles. The van der Waals surface area contributed by atoms with Crippen LogP contribution in [0.3, 0.4) is 0 Å². The van der Waals surface area contributed by atoms with Gasteiger partial charge < -0.3 is 20.5 Å². The molecule has 8 nitrogen and oxygen atoms in total. The van der Waals surface area contributed by atoms with Gasteiger partial charge in [-0.3, -0.25) is 9.59 Å². The van der Waals surface area contributed by atoms with Gasteiger partial charge in [-0.15, -0.1) is 13.2 Å². The average molecular weight is 501 g/mol. The Morgan fingerprint density at radius 2 is 1.82 bits per heavy atom. The van der Waals surface area contributed by atoms with Gasteiger partial charge in [-0.25, -0.2) is 9.97 Å². The van der Waals surface area contributed by atoms with E-state index in [0.717, 1.165) is 12.1 Å². The van der Waals surface area contributed by atoms with Crippen LogP contribution in [0.5, 0.6) is 11.5 Å². The highest BCUT2D eigenvalue weighted by Crippen LogP contribution is 2.30. The van der Waals surface area contributed by atoms with Gasteiger partial charge in [0.25, 0.3) is 11.8 Å². The van der Waals surface area contributed by atoms with Crippen LogP contribution in [0.15, 0.2) is 48.7 Å². The number of ether oxygens (including phenoxy) is 1. The largest absolute Gasteiger partial charge is 0.573 e. The molecule has 13 heteroatoms. The van der Waals surface area contributed by atoms with E-state index in [4.69, 9.17) is 23.2 Å². The number of aromatic hydroxyl groups is 1. The van der Waals surface area contributed by atoms with Crippen LogP contribution in [0.25, 0.3) is 0 Å². The fraction of sp³-hybridized carbons (Fsp3) is 0.100. The van der Waals surface area contributed by atoms with Crippen molar-refractivity contribution in [3.8, 4) is 11.5 Å². The smallest absolute Gasteiger partial charge is 0.504 e. The summed E-state index contributed by atoms with van der Waals surface area (Å²) in [5.41, 5.74) is -0.392. The Bertz CT molecular complexity index is 1180. The molecule has 2 aromatic heterocycles. The maximum atomic E-state index is 12.6. The van der Waals surface area contributed by atoms with Crippen LogP contribution in [0.1, 0.15) is 26.5 Å². The number of carbonyl (C=O) groups excluding carboxylic acids is 2. The lowest BCUT2D eigenvalue weighted by Gasteiger charge is -2.14. The second-order valence-electron chi connectivity index (χ2n) is 6.32. The summed E-state index contributed by atoms with van der Waals surface area (Å²) in [6, 6.07) is 9.21. The Labute approximate surface area is 194 Å². The van der Waals surface area contributed by atoms with Crippen molar-refractivity contribution in [1.29, 1.82) is 0 Å². The Kier molecular flexibility index (Phi) is 7.24. The Morgan fingerprint density at radius 1 is 1.09 bits per heavy atom. The van der Waals surface area contributed by atoms with Crippen LogP contribution in [0, 0.1) is 0 Å². The number of benzene rings is 1. The summed E-state index contributed by atoms with van der Waals surface area (Å²) < 4.78 is 41.7. The number of halogens is 5. The molecule has 2 amide bonds. The molecule has 0 atom stereocenters. The molecule has 0 saturated heterocycles. The summed E-state index contributed by atoms with van der Waals surface area (Å²) in [5.74, 6) is -2.54. The summed E-state index contributed by atoms with van der Waals surface area (Å²) in [5, 5.41) is 13.8. The van der Waals surface area contributed by atoms with Crippen molar-refractivity contribution in [1.82, 2.24) is 15.3 Å². The number of pyridine rings is 2. The van der Waals surface area contributed by atoms with Crippen LogP contribution >= 0.6 is 23.2 Å². The summed E-state index contributed by atoms with van der Waals surface area (Å²) >= 11 is 11.5. The Balaban J connectivity index is 1.76. The number of para-hydroxylation sites is 1. The van der Waals surface area contributed by atoms with Crippen LogP contribution in [-0.4, -0.2) is 33.3 Å². The Hall–Kier alpha value is -3.57. The molecule has 0 aliphatic heterocycles. The third-order valence-electron chi connectivity index (χ3n) is 4.04. The average Bonchev–Trinajstić information content (AvgIpc) is 2.75. The van der Waals surface area contributed by atoms with Gasteiger partial charge in [-0.1, -0.05) is 41.4 Å². The lowest BCUT2D eigenvalue weighted by molar-refractivity contribution is -0.274. The van der Waals surface area contributed by atoms with Crippen LogP contribution < -0.4 is 15.4 Å². The number of alkyl halides is 3. The molecule has 33 heavy (non-hydrogen) atoms. The quantitative estimate of drug-likeness (QED) is 0.427. The van der Waals surface area contributed by atoms with Crippen molar-refractivity contribution in [3.05, 3.63) is 75.8 Å². The van der Waals surface area contributed by atoms with Crippen molar-refractivity contribution < 1.29 is 32.6 Å². The normalized spacial score (nSPS) is 11.1. The highest BCUT2D eigenvalue weighted by atomic mass is 35.5. The molecule has 3 aromatic rings. The number of hydrogen-bond donors (Lipinski definition) is 3. The fourth-order valence-electron chi connectivity index (χ4n) is 2.60. The molecular weight excluding hydrogens is 488 g/mol. The minimum absolute atomic E-state index is 0.0121. The number of rotatable bonds is 6. The SMILES string of the molecule is O=C(Nc1cccnc1C(=O)NCc1ccccc1OC(F)(F)F)c1cc(Cl)c(O)c(Cl)n1. The van der Waals surface area contributed by atoms with E-state index in [0.29, 0.717) is 0 Å². The van der Waals surface area contributed by atoms with E-state index in [2.05, 4.69) is 25.3 Å². The predicted molar refractivity (Wildman–Crippen MR) is 112 cm³/mol. The van der Waals surface area contributed by atoms with Gasteiger partial charge in [-0.2, -0.15) is 0 Å². The summed E-state index contributed by atoms with van der Waals surface area (Å²) in [6.45, 7) is -0.306. The third-order valence-corrected chi connectivity index (χ3v) is 4.60. The van der Waals surface area contributed by atoms with Crippen LogP contribution in [0.4, 0.5) is 18.9 Å². The molecule has 0 saturated carbocycles. The second kappa shape index (κ2) is 9.92. The molecule has 2 heterocycles. The maximum absolute atomic E-state index is 12.6. The van der Waals surface area contributed by atoms with E-state index < -0.39 is 34.8 Å². The lowest BCUT2D eigenvalue weighted by Crippen LogP contribution is -2.27. The van der Waals surface area contributed by atoms with Gasteiger partial charge in [0.2, 0.25) is 0 Å². The summed E-state index contributed by atoms with van der Waals surface area (Å²) in [4.78, 5) is 32.8. The number of amides is 2. The van der Waals surface area contributed by atoms with E-state index in [1.54, 1.807) is 0 Å². The van der Waals surface area contributed by atoms with Gasteiger partial charge in [0, 0.05) is 18.3 Å². The number of carbonyl (C=O) groups is 2. The number of nitrogens with one attached hydrogen (secondary N) is 2. The molecule has 0 fully saturated rings. The zero-order valence-electron chi connectivity index (χ0n) is 16.3. The summed E-state index contributed by atoms with van der Waals surface area (Å²) in [7, 11) is 0. The first-order valence-electron chi connectivity index (χ1n) is 8.98. The topological polar surface area (TPSA) is 113 Å². The number of aromatic nitrogens is 2. The van der Waals surface area contributed by atoms with Gasteiger partial charge in [0.05, 0.1) is 10.7 Å². The van der Waals surface area contributed by atoms with Crippen LogP contribution in [0.2, 0.25) is 10.2 Å². The molecule has 1 aromatic carbocycles. The lowest BCUT2D eigenvalue weighted by atomic mass is 10.2.